The largest absolute Gasteiger partial charge is 0.388 e. The molecule has 0 radical (unpaired) electrons. The first-order valence-corrected chi connectivity index (χ1v) is 7.77. The Balaban J connectivity index is 2.40. The number of benzene rings is 2. The highest BCUT2D eigenvalue weighted by Gasteiger charge is 2.24. The summed E-state index contributed by atoms with van der Waals surface area (Å²) in [5.74, 6) is -0.838. The molecule has 2 atom stereocenters. The molecular weight excluding hydrogens is 380 g/mol. The van der Waals surface area contributed by atoms with Crippen LogP contribution in [0.1, 0.15) is 23.1 Å². The molecule has 0 aromatic heterocycles. The minimum Gasteiger partial charge on any atom is -0.388 e. The zero-order valence-electron chi connectivity index (χ0n) is 10.9. The standard InChI is InChI=1S/C15H13BrCl2FNO/c16-12-3-2-9(19)6-10(12)15(21)11(7-20)8-1-4-13(17)14(18)5-8/h1-6,11,15,21H,7,20H2. The lowest BCUT2D eigenvalue weighted by Gasteiger charge is -2.23. The average Bonchev–Trinajstić information content (AvgIpc) is 2.46. The maximum atomic E-state index is 13.4. The van der Waals surface area contributed by atoms with Crippen LogP contribution in [0.15, 0.2) is 40.9 Å². The molecule has 2 nitrogen and oxygen atoms in total. The van der Waals surface area contributed by atoms with Gasteiger partial charge in [0.05, 0.1) is 16.1 Å². The Hall–Kier alpha value is -0.650. The van der Waals surface area contributed by atoms with Gasteiger partial charge in [0.25, 0.3) is 0 Å². The van der Waals surface area contributed by atoms with Gasteiger partial charge < -0.3 is 10.8 Å². The van der Waals surface area contributed by atoms with Crippen LogP contribution in [-0.4, -0.2) is 11.7 Å². The Bertz CT molecular complexity index is 654. The molecule has 2 unspecified atom stereocenters. The van der Waals surface area contributed by atoms with Gasteiger partial charge in [0.2, 0.25) is 0 Å². The van der Waals surface area contributed by atoms with Crippen molar-refractivity contribution in [3.05, 3.63) is 67.9 Å². The Kier molecular flexibility index (Phi) is 5.63. The van der Waals surface area contributed by atoms with Crippen LogP contribution in [0, 0.1) is 5.82 Å². The second-order valence-electron chi connectivity index (χ2n) is 4.63. The monoisotopic (exact) mass is 391 g/mol. The first kappa shape index (κ1) is 16.7. The van der Waals surface area contributed by atoms with Crippen LogP contribution < -0.4 is 5.73 Å². The molecule has 21 heavy (non-hydrogen) atoms. The summed E-state index contributed by atoms with van der Waals surface area (Å²) in [6.45, 7) is 0.183. The number of nitrogens with two attached hydrogens (primary N) is 1. The van der Waals surface area contributed by atoms with Gasteiger partial charge in [0.15, 0.2) is 0 Å². The average molecular weight is 393 g/mol. The fourth-order valence-electron chi connectivity index (χ4n) is 2.15. The topological polar surface area (TPSA) is 46.2 Å². The van der Waals surface area contributed by atoms with Crippen molar-refractivity contribution in [1.82, 2.24) is 0 Å². The zero-order chi connectivity index (χ0) is 15.6. The molecule has 2 aromatic rings. The van der Waals surface area contributed by atoms with E-state index in [0.717, 1.165) is 5.56 Å². The van der Waals surface area contributed by atoms with Crippen molar-refractivity contribution >= 4 is 39.1 Å². The summed E-state index contributed by atoms with van der Waals surface area (Å²) in [6.07, 6.45) is -0.961. The van der Waals surface area contributed by atoms with E-state index < -0.39 is 17.8 Å². The molecule has 0 aliphatic carbocycles. The van der Waals surface area contributed by atoms with E-state index in [0.29, 0.717) is 20.1 Å². The number of aliphatic hydroxyl groups excluding tert-OH is 1. The third-order valence-electron chi connectivity index (χ3n) is 3.28. The van der Waals surface area contributed by atoms with Crippen LogP contribution >= 0.6 is 39.1 Å². The van der Waals surface area contributed by atoms with Crippen molar-refractivity contribution in [1.29, 1.82) is 0 Å². The predicted molar refractivity (Wildman–Crippen MR) is 87.3 cm³/mol. The third-order valence-corrected chi connectivity index (χ3v) is 4.74. The Labute approximate surface area is 140 Å². The number of rotatable bonds is 4. The van der Waals surface area contributed by atoms with E-state index in [2.05, 4.69) is 15.9 Å². The van der Waals surface area contributed by atoms with Gasteiger partial charge in [-0.3, -0.25) is 0 Å². The van der Waals surface area contributed by atoms with E-state index >= 15 is 0 Å². The van der Waals surface area contributed by atoms with Crippen molar-refractivity contribution in [3.8, 4) is 0 Å². The fourth-order valence-corrected chi connectivity index (χ4v) is 2.94. The molecule has 0 saturated carbocycles. The quantitative estimate of drug-likeness (QED) is 0.793. The highest BCUT2D eigenvalue weighted by Crippen LogP contribution is 2.36. The minimum atomic E-state index is -0.961. The third kappa shape index (κ3) is 3.76. The Morgan fingerprint density at radius 3 is 2.48 bits per heavy atom. The molecule has 2 aromatic carbocycles. The maximum absolute atomic E-state index is 13.4. The van der Waals surface area contributed by atoms with Gasteiger partial charge >= 0.3 is 0 Å². The van der Waals surface area contributed by atoms with E-state index in [1.165, 1.54) is 12.1 Å². The fraction of sp³-hybridized carbons (Fsp3) is 0.200. The van der Waals surface area contributed by atoms with E-state index in [1.54, 1.807) is 24.3 Å². The lowest BCUT2D eigenvalue weighted by atomic mass is 9.89. The van der Waals surface area contributed by atoms with Crippen LogP contribution in [0.2, 0.25) is 10.0 Å². The molecule has 0 saturated heterocycles. The normalized spacial score (nSPS) is 14.0. The van der Waals surface area contributed by atoms with Gasteiger partial charge in [-0.15, -0.1) is 0 Å². The van der Waals surface area contributed by atoms with Crippen molar-refractivity contribution < 1.29 is 9.50 Å². The van der Waals surface area contributed by atoms with Gasteiger partial charge in [-0.05, 0) is 41.5 Å². The molecule has 6 heteroatoms. The second-order valence-corrected chi connectivity index (χ2v) is 6.30. The molecule has 0 aliphatic rings. The molecule has 0 amide bonds. The van der Waals surface area contributed by atoms with E-state index in [1.807, 2.05) is 0 Å². The van der Waals surface area contributed by atoms with Crippen LogP contribution in [0.25, 0.3) is 0 Å². The summed E-state index contributed by atoms with van der Waals surface area (Å²) in [6, 6.07) is 9.22. The van der Waals surface area contributed by atoms with Crippen molar-refractivity contribution in [2.24, 2.45) is 5.73 Å². The molecule has 0 fully saturated rings. The van der Waals surface area contributed by atoms with E-state index in [-0.39, 0.29) is 6.54 Å². The predicted octanol–water partition coefficient (Wildman–Crippen LogP) is 4.67. The summed E-state index contributed by atoms with van der Waals surface area (Å²) in [5, 5.41) is 11.4. The molecule has 0 bridgehead atoms. The number of hydrogen-bond donors (Lipinski definition) is 2. The highest BCUT2D eigenvalue weighted by molar-refractivity contribution is 9.10. The van der Waals surface area contributed by atoms with E-state index in [4.69, 9.17) is 28.9 Å². The second kappa shape index (κ2) is 7.07. The highest BCUT2D eigenvalue weighted by atomic mass is 79.9. The number of hydrogen-bond acceptors (Lipinski definition) is 2. The summed E-state index contributed by atoms with van der Waals surface area (Å²) >= 11 is 15.2. The summed E-state index contributed by atoms with van der Waals surface area (Å²) < 4.78 is 14.0. The van der Waals surface area contributed by atoms with Crippen LogP contribution in [0.3, 0.4) is 0 Å². The minimum absolute atomic E-state index is 0.183. The lowest BCUT2D eigenvalue weighted by Crippen LogP contribution is -2.20. The summed E-state index contributed by atoms with van der Waals surface area (Å²) in [4.78, 5) is 0. The molecule has 0 heterocycles. The number of aliphatic hydroxyl groups is 1. The Morgan fingerprint density at radius 1 is 1.14 bits per heavy atom. The first-order chi connectivity index (χ1) is 9.93. The molecule has 0 spiro atoms. The summed E-state index contributed by atoms with van der Waals surface area (Å²) in [5.41, 5.74) is 6.96. The van der Waals surface area contributed by atoms with Gasteiger partial charge in [0.1, 0.15) is 5.82 Å². The van der Waals surface area contributed by atoms with Gasteiger partial charge in [-0.2, -0.15) is 0 Å². The molecular formula is C15H13BrCl2FNO. The van der Waals surface area contributed by atoms with Gasteiger partial charge in [-0.1, -0.05) is 45.2 Å². The Morgan fingerprint density at radius 2 is 1.86 bits per heavy atom. The maximum Gasteiger partial charge on any atom is 0.123 e. The zero-order valence-corrected chi connectivity index (χ0v) is 14.0. The van der Waals surface area contributed by atoms with Gasteiger partial charge in [0, 0.05) is 16.9 Å². The molecule has 112 valence electrons. The smallest absolute Gasteiger partial charge is 0.123 e. The SMILES string of the molecule is NCC(c1ccc(Cl)c(Cl)c1)C(O)c1cc(F)ccc1Br. The van der Waals surface area contributed by atoms with Crippen LogP contribution in [-0.2, 0) is 0 Å². The molecule has 3 N–H and O–H groups in total. The molecule has 0 aliphatic heterocycles. The van der Waals surface area contributed by atoms with Crippen molar-refractivity contribution in [3.63, 3.8) is 0 Å². The van der Waals surface area contributed by atoms with Gasteiger partial charge in [-0.25, -0.2) is 4.39 Å². The van der Waals surface area contributed by atoms with Crippen molar-refractivity contribution in [2.45, 2.75) is 12.0 Å². The summed E-state index contributed by atoms with van der Waals surface area (Å²) in [7, 11) is 0. The van der Waals surface area contributed by atoms with Crippen LogP contribution in [0.4, 0.5) is 4.39 Å². The van der Waals surface area contributed by atoms with Crippen molar-refractivity contribution in [2.75, 3.05) is 6.54 Å². The lowest BCUT2D eigenvalue weighted by molar-refractivity contribution is 0.146. The number of halogens is 4. The van der Waals surface area contributed by atoms with Crippen LogP contribution in [0.5, 0.6) is 0 Å². The van der Waals surface area contributed by atoms with E-state index in [9.17, 15) is 9.50 Å². The first-order valence-electron chi connectivity index (χ1n) is 6.22. The molecule has 2 rings (SSSR count).